The van der Waals surface area contributed by atoms with Gasteiger partial charge in [-0.25, -0.2) is 14.4 Å². The summed E-state index contributed by atoms with van der Waals surface area (Å²) in [4.78, 5) is 25.8. The first-order valence-corrected chi connectivity index (χ1v) is 18.3. The van der Waals surface area contributed by atoms with E-state index >= 15 is 0 Å². The maximum atomic E-state index is 14.3. The van der Waals surface area contributed by atoms with E-state index in [2.05, 4.69) is 31.9 Å². The fraction of sp³-hybridized carbons (Fsp3) is 0.350. The van der Waals surface area contributed by atoms with E-state index in [9.17, 15) is 9.18 Å². The number of H-pyrrole nitrogens is 1. The normalized spacial score (nSPS) is 16.7. The van der Waals surface area contributed by atoms with Gasteiger partial charge < -0.3 is 19.4 Å². The lowest BCUT2D eigenvalue weighted by Crippen LogP contribution is -2.35. The number of fused-ring (bicyclic) bond motifs is 2. The molecule has 0 bridgehead atoms. The monoisotopic (exact) mass is 721 g/mol. The van der Waals surface area contributed by atoms with E-state index in [0.717, 1.165) is 102 Å². The van der Waals surface area contributed by atoms with Crippen molar-refractivity contribution < 1.29 is 18.7 Å². The van der Waals surface area contributed by atoms with Gasteiger partial charge in [0.25, 0.3) is 5.91 Å². The number of aryl methyl sites for hydroxylation is 2. The van der Waals surface area contributed by atoms with E-state index in [-0.39, 0.29) is 18.6 Å². The van der Waals surface area contributed by atoms with Crippen LogP contribution in [0.4, 0.5) is 10.1 Å². The van der Waals surface area contributed by atoms with E-state index in [1.165, 1.54) is 6.07 Å². The lowest BCUT2D eigenvalue weighted by Gasteiger charge is -2.32. The molecule has 52 heavy (non-hydrogen) atoms. The molecule has 5 heterocycles. The quantitative estimate of drug-likeness (QED) is 0.140. The number of aromatic nitrogens is 5. The van der Waals surface area contributed by atoms with Gasteiger partial charge in [0.2, 0.25) is 5.88 Å². The van der Waals surface area contributed by atoms with Gasteiger partial charge in [-0.3, -0.25) is 14.8 Å². The van der Waals surface area contributed by atoms with E-state index in [1.54, 1.807) is 18.2 Å². The molecule has 2 N–H and O–H groups in total. The SMILES string of the molecule is CCc1cc(NC(=O)c2ccc3c(c2)nc(CN2CCC(c4cccc(OCc5ccc(Cl)cc5F)n4)CC2)n3C[C@@H]2CCO2)cc2c(C)n[nH]c12. The maximum Gasteiger partial charge on any atom is 0.255 e. The molecule has 10 nitrogen and oxygen atoms in total. The molecule has 3 aromatic carbocycles. The zero-order valence-corrected chi connectivity index (χ0v) is 30.0. The first-order valence-electron chi connectivity index (χ1n) is 18.0. The summed E-state index contributed by atoms with van der Waals surface area (Å²) in [7, 11) is 0. The van der Waals surface area contributed by atoms with Crippen LogP contribution in [0.2, 0.25) is 5.02 Å². The smallest absolute Gasteiger partial charge is 0.255 e. The molecule has 8 rings (SSSR count). The standard InChI is InChI=1S/C40H41ClFN7O3/c1-3-25-17-30(20-32-24(2)46-47-39(25)32)43-40(50)27-8-10-36-35(18-27)44-37(49(36)21-31-13-16-51-31)22-48-14-11-26(12-15-48)34-5-4-6-38(45-34)52-23-28-7-9-29(41)19-33(28)42/h4-10,17-20,26,31H,3,11-16,21-23H2,1-2H3,(H,43,50)(H,46,47)/t31-/m0/s1. The number of piperidine rings is 1. The van der Waals surface area contributed by atoms with Gasteiger partial charge in [0, 0.05) is 51.5 Å². The number of nitrogens with one attached hydrogen (secondary N) is 2. The van der Waals surface area contributed by atoms with E-state index in [0.29, 0.717) is 34.5 Å². The molecular formula is C40H41ClFN7O3. The Morgan fingerprint density at radius 2 is 1.90 bits per heavy atom. The molecule has 0 unspecified atom stereocenters. The van der Waals surface area contributed by atoms with Crippen molar-refractivity contribution in [2.45, 2.75) is 71.2 Å². The van der Waals surface area contributed by atoms with Crippen LogP contribution >= 0.6 is 11.6 Å². The van der Waals surface area contributed by atoms with Crippen LogP contribution in [0.5, 0.6) is 5.88 Å². The van der Waals surface area contributed by atoms with Crippen molar-refractivity contribution in [3.63, 3.8) is 0 Å². The number of hydrogen-bond donors (Lipinski definition) is 2. The molecule has 1 amide bonds. The molecule has 1 atom stereocenters. The topological polar surface area (TPSA) is 110 Å². The Hall–Kier alpha value is -4.84. The summed E-state index contributed by atoms with van der Waals surface area (Å²) in [5.74, 6) is 1.18. The predicted octanol–water partition coefficient (Wildman–Crippen LogP) is 7.97. The summed E-state index contributed by atoms with van der Waals surface area (Å²) < 4.78 is 28.2. The van der Waals surface area contributed by atoms with Crippen LogP contribution in [0.25, 0.3) is 21.9 Å². The number of hydrogen-bond acceptors (Lipinski definition) is 7. The zero-order valence-electron chi connectivity index (χ0n) is 29.3. The Balaban J connectivity index is 0.949. The fourth-order valence-corrected chi connectivity index (χ4v) is 7.43. The molecule has 0 aliphatic carbocycles. The fourth-order valence-electron chi connectivity index (χ4n) is 7.27. The average Bonchev–Trinajstić information content (AvgIpc) is 3.68. The number of carbonyl (C=O) groups is 1. The van der Waals surface area contributed by atoms with Crippen LogP contribution in [0, 0.1) is 12.7 Å². The van der Waals surface area contributed by atoms with E-state index in [4.69, 9.17) is 31.0 Å². The summed E-state index contributed by atoms with van der Waals surface area (Å²) >= 11 is 5.89. The van der Waals surface area contributed by atoms with Gasteiger partial charge in [0.05, 0.1) is 41.4 Å². The number of ether oxygens (including phenoxy) is 2. The van der Waals surface area contributed by atoms with Crippen LogP contribution in [0.1, 0.15) is 70.8 Å². The van der Waals surface area contributed by atoms with Gasteiger partial charge in [-0.2, -0.15) is 5.10 Å². The van der Waals surface area contributed by atoms with Crippen molar-refractivity contribution in [2.24, 2.45) is 0 Å². The van der Waals surface area contributed by atoms with Crippen LogP contribution in [-0.4, -0.2) is 61.3 Å². The van der Waals surface area contributed by atoms with Crippen LogP contribution in [-0.2, 0) is 30.9 Å². The summed E-state index contributed by atoms with van der Waals surface area (Å²) in [5.41, 5.74) is 7.55. The molecule has 2 fully saturated rings. The first kappa shape index (κ1) is 34.3. The van der Waals surface area contributed by atoms with Crippen LogP contribution in [0.15, 0.2) is 66.7 Å². The second-order valence-corrected chi connectivity index (χ2v) is 14.2. The number of likely N-dealkylation sites (tertiary alicyclic amines) is 1. The molecule has 0 spiro atoms. The van der Waals surface area contributed by atoms with Crippen LogP contribution in [0.3, 0.4) is 0 Å². The van der Waals surface area contributed by atoms with Gasteiger partial charge in [-0.15, -0.1) is 0 Å². The van der Waals surface area contributed by atoms with Crippen molar-refractivity contribution in [1.29, 1.82) is 0 Å². The molecule has 3 aromatic heterocycles. The lowest BCUT2D eigenvalue weighted by molar-refractivity contribution is -0.0592. The summed E-state index contributed by atoms with van der Waals surface area (Å²) in [5, 5.41) is 11.9. The first-order chi connectivity index (χ1) is 25.3. The molecule has 2 aliphatic heterocycles. The average molecular weight is 722 g/mol. The maximum absolute atomic E-state index is 14.3. The molecule has 0 saturated carbocycles. The second kappa shape index (κ2) is 14.7. The molecule has 12 heteroatoms. The third-order valence-corrected chi connectivity index (χ3v) is 10.6. The molecule has 2 aliphatic rings. The number of rotatable bonds is 11. The Kier molecular flexibility index (Phi) is 9.65. The van der Waals surface area contributed by atoms with Gasteiger partial charge in [0.15, 0.2) is 0 Å². The Morgan fingerprint density at radius 3 is 2.67 bits per heavy atom. The van der Waals surface area contributed by atoms with Crippen LogP contribution < -0.4 is 10.1 Å². The number of anilines is 1. The molecule has 6 aromatic rings. The Labute approximate surface area is 306 Å². The van der Waals surface area contributed by atoms with Crippen molar-refractivity contribution in [2.75, 3.05) is 25.0 Å². The van der Waals surface area contributed by atoms with Crippen molar-refractivity contribution in [3.8, 4) is 5.88 Å². The number of amides is 1. The highest BCUT2D eigenvalue weighted by Crippen LogP contribution is 2.31. The van der Waals surface area contributed by atoms with Gasteiger partial charge in [0.1, 0.15) is 18.2 Å². The van der Waals surface area contributed by atoms with Crippen molar-refractivity contribution in [1.82, 2.24) is 29.6 Å². The summed E-state index contributed by atoms with van der Waals surface area (Å²) in [6, 6.07) is 20.1. The van der Waals surface area contributed by atoms with Crippen molar-refractivity contribution in [3.05, 3.63) is 111 Å². The Bertz CT molecular complexity index is 2260. The third kappa shape index (κ3) is 7.13. The minimum atomic E-state index is -0.393. The predicted molar refractivity (Wildman–Crippen MR) is 199 cm³/mol. The molecule has 0 radical (unpaired) electrons. The number of benzene rings is 3. The number of aromatic amines is 1. The molecule has 268 valence electrons. The summed E-state index contributed by atoms with van der Waals surface area (Å²) in [6.45, 7) is 8.14. The zero-order chi connectivity index (χ0) is 35.8. The van der Waals surface area contributed by atoms with E-state index < -0.39 is 5.82 Å². The minimum absolute atomic E-state index is 0.0821. The highest BCUT2D eigenvalue weighted by molar-refractivity contribution is 6.30. The number of carbonyl (C=O) groups excluding carboxylic acids is 1. The van der Waals surface area contributed by atoms with Gasteiger partial charge in [-0.05, 0) is 99.8 Å². The van der Waals surface area contributed by atoms with Gasteiger partial charge in [-0.1, -0.05) is 30.7 Å². The van der Waals surface area contributed by atoms with Crippen molar-refractivity contribution >= 4 is 45.1 Å². The highest BCUT2D eigenvalue weighted by Gasteiger charge is 2.26. The number of imidazole rings is 1. The van der Waals surface area contributed by atoms with E-state index in [1.807, 2.05) is 49.4 Å². The number of pyridine rings is 1. The molecule has 2 saturated heterocycles. The highest BCUT2D eigenvalue weighted by atomic mass is 35.5. The summed E-state index contributed by atoms with van der Waals surface area (Å²) in [6.07, 6.45) is 3.90. The second-order valence-electron chi connectivity index (χ2n) is 13.8. The largest absolute Gasteiger partial charge is 0.473 e. The molecular weight excluding hydrogens is 681 g/mol. The Morgan fingerprint density at radius 1 is 1.06 bits per heavy atom. The lowest BCUT2D eigenvalue weighted by atomic mass is 9.93. The number of halogens is 2. The van der Waals surface area contributed by atoms with Gasteiger partial charge >= 0.3 is 0 Å². The minimum Gasteiger partial charge on any atom is -0.473 e. The third-order valence-electron chi connectivity index (χ3n) is 10.4. The number of nitrogens with zero attached hydrogens (tertiary/aromatic N) is 5.